The van der Waals surface area contributed by atoms with Crippen LogP contribution in [0.15, 0.2) is 6.07 Å². The lowest BCUT2D eigenvalue weighted by atomic mass is 10.1. The lowest BCUT2D eigenvalue weighted by Gasteiger charge is -2.19. The third-order valence-corrected chi connectivity index (χ3v) is 3.61. The summed E-state index contributed by atoms with van der Waals surface area (Å²) in [5.74, 6) is 0.0450. The average molecular weight is 254 g/mol. The first-order valence-corrected chi connectivity index (χ1v) is 6.67. The van der Waals surface area contributed by atoms with Crippen molar-refractivity contribution < 1.29 is 4.79 Å². The van der Waals surface area contributed by atoms with E-state index in [-0.39, 0.29) is 11.4 Å². The second-order valence-electron chi connectivity index (χ2n) is 5.33. The molecule has 0 aromatic carbocycles. The summed E-state index contributed by atoms with van der Waals surface area (Å²) in [6, 6.07) is 2.14. The Balaban J connectivity index is 2.33. The maximum atomic E-state index is 11.6. The van der Waals surface area contributed by atoms with Gasteiger partial charge in [0.05, 0.1) is 13.1 Å². The van der Waals surface area contributed by atoms with Gasteiger partial charge in [0.15, 0.2) is 0 Å². The molecule has 0 radical (unpaired) electrons. The molecule has 3 nitrogen and oxygen atoms in total. The SMILES string of the molecule is Cc1cc(CNC(=O)CNC(C)(C)C)sc1C. The Morgan fingerprint density at radius 1 is 1.35 bits per heavy atom. The van der Waals surface area contributed by atoms with Crippen molar-refractivity contribution in [2.45, 2.75) is 46.7 Å². The Morgan fingerprint density at radius 2 is 2.00 bits per heavy atom. The van der Waals surface area contributed by atoms with E-state index in [9.17, 15) is 4.79 Å². The predicted octanol–water partition coefficient (Wildman–Crippen LogP) is 2.37. The second-order valence-corrected chi connectivity index (χ2v) is 6.67. The monoisotopic (exact) mass is 254 g/mol. The molecule has 1 rings (SSSR count). The van der Waals surface area contributed by atoms with Crippen LogP contribution in [0.4, 0.5) is 0 Å². The van der Waals surface area contributed by atoms with Crippen molar-refractivity contribution >= 4 is 17.2 Å². The molecule has 1 amide bonds. The van der Waals surface area contributed by atoms with Gasteiger partial charge >= 0.3 is 0 Å². The minimum Gasteiger partial charge on any atom is -0.350 e. The maximum absolute atomic E-state index is 11.6. The van der Waals surface area contributed by atoms with Crippen LogP contribution in [0.2, 0.25) is 0 Å². The van der Waals surface area contributed by atoms with Crippen molar-refractivity contribution in [1.82, 2.24) is 10.6 Å². The van der Waals surface area contributed by atoms with E-state index in [0.717, 1.165) is 0 Å². The molecular formula is C13H22N2OS. The minimum atomic E-state index is -0.0204. The van der Waals surface area contributed by atoms with Crippen molar-refractivity contribution in [1.29, 1.82) is 0 Å². The number of hydrogen-bond acceptors (Lipinski definition) is 3. The highest BCUT2D eigenvalue weighted by molar-refractivity contribution is 7.12. The Bertz CT molecular complexity index is 371. The van der Waals surface area contributed by atoms with Crippen molar-refractivity contribution in [3.63, 3.8) is 0 Å². The van der Waals surface area contributed by atoms with E-state index in [1.165, 1.54) is 15.3 Å². The summed E-state index contributed by atoms with van der Waals surface area (Å²) in [7, 11) is 0. The van der Waals surface area contributed by atoms with Crippen LogP contribution in [0.5, 0.6) is 0 Å². The Kier molecular flexibility index (Phi) is 4.71. The van der Waals surface area contributed by atoms with Crippen molar-refractivity contribution in [3.8, 4) is 0 Å². The number of aryl methyl sites for hydroxylation is 2. The molecule has 0 aliphatic heterocycles. The zero-order chi connectivity index (χ0) is 13.1. The molecule has 0 aliphatic carbocycles. The van der Waals surface area contributed by atoms with Gasteiger partial charge in [-0.3, -0.25) is 4.79 Å². The topological polar surface area (TPSA) is 41.1 Å². The standard InChI is InChI=1S/C13H22N2OS/c1-9-6-11(17-10(9)2)7-14-12(16)8-15-13(3,4)5/h6,15H,7-8H2,1-5H3,(H,14,16). The Morgan fingerprint density at radius 3 is 2.47 bits per heavy atom. The highest BCUT2D eigenvalue weighted by Crippen LogP contribution is 2.20. The van der Waals surface area contributed by atoms with E-state index in [1.807, 2.05) is 20.8 Å². The van der Waals surface area contributed by atoms with Crippen LogP contribution < -0.4 is 10.6 Å². The molecule has 0 saturated carbocycles. The van der Waals surface area contributed by atoms with E-state index in [0.29, 0.717) is 13.1 Å². The molecule has 0 saturated heterocycles. The molecule has 1 aromatic heterocycles. The molecule has 17 heavy (non-hydrogen) atoms. The van der Waals surface area contributed by atoms with E-state index in [1.54, 1.807) is 11.3 Å². The normalized spacial score (nSPS) is 11.6. The molecule has 2 N–H and O–H groups in total. The molecule has 4 heteroatoms. The van der Waals surface area contributed by atoms with E-state index < -0.39 is 0 Å². The average Bonchev–Trinajstić information content (AvgIpc) is 2.51. The van der Waals surface area contributed by atoms with Crippen LogP contribution in [0.1, 0.15) is 36.1 Å². The van der Waals surface area contributed by atoms with Gasteiger partial charge in [0.1, 0.15) is 0 Å². The zero-order valence-electron chi connectivity index (χ0n) is 11.3. The number of amides is 1. The fourth-order valence-corrected chi connectivity index (χ4v) is 2.32. The number of carbonyl (C=O) groups excluding carboxylic acids is 1. The quantitative estimate of drug-likeness (QED) is 0.866. The summed E-state index contributed by atoms with van der Waals surface area (Å²) in [5.41, 5.74) is 1.28. The lowest BCUT2D eigenvalue weighted by molar-refractivity contribution is -0.120. The molecule has 0 aliphatic rings. The summed E-state index contributed by atoms with van der Waals surface area (Å²) in [5, 5.41) is 6.09. The highest BCUT2D eigenvalue weighted by Gasteiger charge is 2.11. The lowest BCUT2D eigenvalue weighted by Crippen LogP contribution is -2.43. The van der Waals surface area contributed by atoms with Gasteiger partial charge in [-0.15, -0.1) is 11.3 Å². The molecule has 0 unspecified atom stereocenters. The van der Waals surface area contributed by atoms with Crippen LogP contribution in [0.3, 0.4) is 0 Å². The van der Waals surface area contributed by atoms with Gasteiger partial charge in [-0.1, -0.05) is 0 Å². The summed E-state index contributed by atoms with van der Waals surface area (Å²) in [6.45, 7) is 11.3. The summed E-state index contributed by atoms with van der Waals surface area (Å²) >= 11 is 1.74. The first-order chi connectivity index (χ1) is 7.78. The first kappa shape index (κ1) is 14.2. The Labute approximate surface area is 108 Å². The van der Waals surface area contributed by atoms with Crippen molar-refractivity contribution in [3.05, 3.63) is 21.4 Å². The molecule has 0 spiro atoms. The number of rotatable bonds is 4. The van der Waals surface area contributed by atoms with Crippen molar-refractivity contribution in [2.24, 2.45) is 0 Å². The molecule has 0 bridgehead atoms. The molecule has 1 aromatic rings. The van der Waals surface area contributed by atoms with Crippen LogP contribution >= 0.6 is 11.3 Å². The van der Waals surface area contributed by atoms with Gasteiger partial charge in [0, 0.05) is 15.3 Å². The predicted molar refractivity (Wildman–Crippen MR) is 73.4 cm³/mol. The van der Waals surface area contributed by atoms with Crippen LogP contribution in [-0.2, 0) is 11.3 Å². The number of nitrogens with one attached hydrogen (secondary N) is 2. The third kappa shape index (κ3) is 5.33. The van der Waals surface area contributed by atoms with Crippen LogP contribution in [-0.4, -0.2) is 18.0 Å². The van der Waals surface area contributed by atoms with Crippen LogP contribution in [0.25, 0.3) is 0 Å². The minimum absolute atomic E-state index is 0.0204. The van der Waals surface area contributed by atoms with Crippen molar-refractivity contribution in [2.75, 3.05) is 6.54 Å². The van der Waals surface area contributed by atoms with E-state index in [2.05, 4.69) is 30.5 Å². The molecule has 0 fully saturated rings. The molecular weight excluding hydrogens is 232 g/mol. The maximum Gasteiger partial charge on any atom is 0.234 e. The van der Waals surface area contributed by atoms with E-state index in [4.69, 9.17) is 0 Å². The highest BCUT2D eigenvalue weighted by atomic mass is 32.1. The molecule has 0 atom stereocenters. The molecule has 1 heterocycles. The van der Waals surface area contributed by atoms with Crippen LogP contribution in [0, 0.1) is 13.8 Å². The smallest absolute Gasteiger partial charge is 0.234 e. The summed E-state index contributed by atoms with van der Waals surface area (Å²) in [6.07, 6.45) is 0. The van der Waals surface area contributed by atoms with Gasteiger partial charge in [0.25, 0.3) is 0 Å². The molecule has 96 valence electrons. The summed E-state index contributed by atoms with van der Waals surface area (Å²) in [4.78, 5) is 14.1. The largest absolute Gasteiger partial charge is 0.350 e. The zero-order valence-corrected chi connectivity index (χ0v) is 12.1. The van der Waals surface area contributed by atoms with Gasteiger partial charge < -0.3 is 10.6 Å². The van der Waals surface area contributed by atoms with Gasteiger partial charge in [-0.25, -0.2) is 0 Å². The fourth-order valence-electron chi connectivity index (χ4n) is 1.33. The van der Waals surface area contributed by atoms with E-state index >= 15 is 0 Å². The number of carbonyl (C=O) groups is 1. The van der Waals surface area contributed by atoms with Gasteiger partial charge in [0.2, 0.25) is 5.91 Å². The van der Waals surface area contributed by atoms with Gasteiger partial charge in [-0.2, -0.15) is 0 Å². The first-order valence-electron chi connectivity index (χ1n) is 5.85. The van der Waals surface area contributed by atoms with Gasteiger partial charge in [-0.05, 0) is 46.2 Å². The second kappa shape index (κ2) is 5.65. The third-order valence-electron chi connectivity index (χ3n) is 2.46. The summed E-state index contributed by atoms with van der Waals surface area (Å²) < 4.78 is 0. The Hall–Kier alpha value is -0.870. The number of hydrogen-bond donors (Lipinski definition) is 2. The fraction of sp³-hybridized carbons (Fsp3) is 0.615. The number of thiophene rings is 1.